The van der Waals surface area contributed by atoms with Crippen molar-refractivity contribution in [2.75, 3.05) is 19.6 Å². The number of carbonyl (C=O) groups is 1. The second-order valence-corrected chi connectivity index (χ2v) is 12.0. The van der Waals surface area contributed by atoms with Gasteiger partial charge in [-0.15, -0.1) is 0 Å². The number of pyridine rings is 1. The van der Waals surface area contributed by atoms with Crippen molar-refractivity contribution in [1.82, 2.24) is 15.2 Å². The number of hydrogen-bond donors (Lipinski definition) is 1. The number of hydrogen-bond acceptors (Lipinski definition) is 6. The summed E-state index contributed by atoms with van der Waals surface area (Å²) in [5.74, 6) is 0. The van der Waals surface area contributed by atoms with Gasteiger partial charge in [-0.2, -0.15) is 0 Å². The Kier molecular flexibility index (Phi) is 7.80. The molecule has 1 N–H and O–H groups in total. The summed E-state index contributed by atoms with van der Waals surface area (Å²) < 4.78 is 32.5. The minimum Gasteiger partial charge on any atom is -0.444 e. The molecule has 37 heavy (non-hydrogen) atoms. The lowest BCUT2D eigenvalue weighted by molar-refractivity contribution is 0.0113. The van der Waals surface area contributed by atoms with E-state index in [0.717, 1.165) is 16.8 Å². The molecule has 7 nitrogen and oxygen atoms in total. The quantitative estimate of drug-likeness (QED) is 0.494. The molecule has 1 aliphatic rings. The molecular formula is C29H33N3O4S. The van der Waals surface area contributed by atoms with E-state index in [1.807, 2.05) is 52.0 Å². The van der Waals surface area contributed by atoms with E-state index in [2.05, 4.69) is 10.3 Å². The molecule has 0 spiro atoms. The third-order valence-corrected chi connectivity index (χ3v) is 7.88. The van der Waals surface area contributed by atoms with Crippen molar-refractivity contribution in [3.05, 3.63) is 89.2 Å². The number of benzene rings is 2. The Labute approximate surface area is 219 Å². The topological polar surface area (TPSA) is 88.6 Å². The average Bonchev–Trinajstić information content (AvgIpc) is 2.87. The number of piperazine rings is 1. The van der Waals surface area contributed by atoms with Gasteiger partial charge < -0.3 is 10.1 Å². The molecule has 1 aliphatic heterocycles. The minimum absolute atomic E-state index is 0.232. The first kappa shape index (κ1) is 26.6. The largest absolute Gasteiger partial charge is 0.444 e. The molecule has 0 radical (unpaired) electrons. The van der Waals surface area contributed by atoms with E-state index in [-0.39, 0.29) is 21.9 Å². The minimum atomic E-state index is -3.71. The number of amides is 1. The molecule has 8 heteroatoms. The summed E-state index contributed by atoms with van der Waals surface area (Å²) in [4.78, 5) is 19.8. The molecule has 1 aromatic heterocycles. The van der Waals surface area contributed by atoms with Crippen LogP contribution >= 0.6 is 0 Å². The zero-order valence-corrected chi connectivity index (χ0v) is 22.5. The fourth-order valence-corrected chi connectivity index (χ4v) is 5.68. The highest BCUT2D eigenvalue weighted by Crippen LogP contribution is 2.29. The van der Waals surface area contributed by atoms with Crippen LogP contribution in [-0.2, 0) is 14.6 Å². The summed E-state index contributed by atoms with van der Waals surface area (Å²) in [6.07, 6.45) is 4.96. The standard InChI is InChI=1S/C29H33N3O4S/c1-21-11-15-24(16-12-21)37(34,35)26-10-6-5-8-22(26)13-14-23-9-7-17-31-27(23)25-20-30-18-19-32(25)28(33)36-29(2,3)4/h5-17,25,30H,18-20H2,1-4H3. The highest BCUT2D eigenvalue weighted by atomic mass is 32.2. The molecule has 3 aromatic rings. The van der Waals surface area contributed by atoms with E-state index in [9.17, 15) is 13.2 Å². The van der Waals surface area contributed by atoms with Crippen molar-refractivity contribution < 1.29 is 17.9 Å². The zero-order chi connectivity index (χ0) is 26.6. The van der Waals surface area contributed by atoms with Crippen LogP contribution in [-0.4, -0.2) is 49.6 Å². The fourth-order valence-electron chi connectivity index (χ4n) is 4.22. The SMILES string of the molecule is Cc1ccc(S(=O)(=O)c2ccccc2C=Cc2cccnc2C2CNCCN2C(=O)OC(C)(C)C)cc1. The Morgan fingerprint density at radius 1 is 1.03 bits per heavy atom. The van der Waals surface area contributed by atoms with Crippen molar-refractivity contribution in [2.24, 2.45) is 0 Å². The highest BCUT2D eigenvalue weighted by Gasteiger charge is 2.33. The van der Waals surface area contributed by atoms with E-state index in [4.69, 9.17) is 4.74 Å². The Balaban J connectivity index is 1.68. The van der Waals surface area contributed by atoms with Gasteiger partial charge in [-0.1, -0.05) is 54.1 Å². The van der Waals surface area contributed by atoms with E-state index in [0.29, 0.717) is 25.2 Å². The molecule has 1 unspecified atom stereocenters. The summed E-state index contributed by atoms with van der Waals surface area (Å²) >= 11 is 0. The molecule has 0 bridgehead atoms. The molecule has 0 saturated carbocycles. The normalized spacial score (nSPS) is 16.6. The maximum Gasteiger partial charge on any atom is 0.410 e. The van der Waals surface area contributed by atoms with Crippen LogP contribution in [0.1, 0.15) is 49.2 Å². The van der Waals surface area contributed by atoms with E-state index < -0.39 is 15.4 Å². The predicted octanol–water partition coefficient (Wildman–Crippen LogP) is 5.27. The first-order chi connectivity index (χ1) is 17.6. The summed E-state index contributed by atoms with van der Waals surface area (Å²) in [5.41, 5.74) is 2.48. The lowest BCUT2D eigenvalue weighted by Crippen LogP contribution is -2.50. The van der Waals surface area contributed by atoms with Gasteiger partial charge in [0.1, 0.15) is 5.60 Å². The number of sulfone groups is 1. The number of nitrogens with one attached hydrogen (secondary N) is 1. The number of carbonyl (C=O) groups excluding carboxylic acids is 1. The molecular weight excluding hydrogens is 486 g/mol. The predicted molar refractivity (Wildman–Crippen MR) is 145 cm³/mol. The van der Waals surface area contributed by atoms with Crippen LogP contribution in [0.5, 0.6) is 0 Å². The van der Waals surface area contributed by atoms with Gasteiger partial charge in [0.05, 0.1) is 21.5 Å². The molecule has 1 saturated heterocycles. The monoisotopic (exact) mass is 519 g/mol. The van der Waals surface area contributed by atoms with E-state index in [1.54, 1.807) is 59.6 Å². The van der Waals surface area contributed by atoms with Gasteiger partial charge in [0.25, 0.3) is 0 Å². The van der Waals surface area contributed by atoms with Gasteiger partial charge in [0, 0.05) is 25.8 Å². The second-order valence-electron chi connectivity index (χ2n) is 10.1. The second kappa shape index (κ2) is 10.9. The van der Waals surface area contributed by atoms with Crippen molar-refractivity contribution >= 4 is 28.1 Å². The number of rotatable bonds is 5. The van der Waals surface area contributed by atoms with Gasteiger partial charge in [0.2, 0.25) is 9.84 Å². The van der Waals surface area contributed by atoms with E-state index in [1.165, 1.54) is 0 Å². The highest BCUT2D eigenvalue weighted by molar-refractivity contribution is 7.91. The van der Waals surface area contributed by atoms with Crippen LogP contribution in [0.4, 0.5) is 4.79 Å². The first-order valence-corrected chi connectivity index (χ1v) is 13.8. The number of aryl methyl sites for hydroxylation is 1. The van der Waals surface area contributed by atoms with Gasteiger partial charge >= 0.3 is 6.09 Å². The molecule has 1 fully saturated rings. The van der Waals surface area contributed by atoms with Gasteiger partial charge in [-0.25, -0.2) is 13.2 Å². The van der Waals surface area contributed by atoms with Crippen LogP contribution in [0.3, 0.4) is 0 Å². The Hall–Kier alpha value is -3.49. The molecule has 194 valence electrons. The van der Waals surface area contributed by atoms with Crippen molar-refractivity contribution in [1.29, 1.82) is 0 Å². The summed E-state index contributed by atoms with van der Waals surface area (Å²) in [6.45, 7) is 9.16. The number of ether oxygens (including phenoxy) is 1. The van der Waals surface area contributed by atoms with Gasteiger partial charge in [-0.05, 0) is 63.1 Å². The maximum absolute atomic E-state index is 13.4. The third-order valence-electron chi connectivity index (χ3n) is 6.04. The molecule has 1 atom stereocenters. The van der Waals surface area contributed by atoms with Gasteiger partial charge in [-0.3, -0.25) is 9.88 Å². The van der Waals surface area contributed by atoms with E-state index >= 15 is 0 Å². The third kappa shape index (κ3) is 6.26. The van der Waals surface area contributed by atoms with Crippen LogP contribution in [0.15, 0.2) is 76.7 Å². The van der Waals surface area contributed by atoms with Crippen LogP contribution in [0.2, 0.25) is 0 Å². The van der Waals surface area contributed by atoms with Gasteiger partial charge in [0.15, 0.2) is 0 Å². The molecule has 4 rings (SSSR count). The number of nitrogens with zero attached hydrogens (tertiary/aromatic N) is 2. The Bertz CT molecular complexity index is 1390. The zero-order valence-electron chi connectivity index (χ0n) is 21.6. The lowest BCUT2D eigenvalue weighted by atomic mass is 10.0. The number of aromatic nitrogens is 1. The summed E-state index contributed by atoms with van der Waals surface area (Å²) in [6, 6.07) is 17.2. The lowest BCUT2D eigenvalue weighted by Gasteiger charge is -2.37. The maximum atomic E-state index is 13.4. The molecule has 0 aliphatic carbocycles. The summed E-state index contributed by atoms with van der Waals surface area (Å²) in [5, 5.41) is 3.34. The molecule has 1 amide bonds. The van der Waals surface area contributed by atoms with Crippen molar-refractivity contribution in [3.8, 4) is 0 Å². The van der Waals surface area contributed by atoms with Crippen LogP contribution < -0.4 is 5.32 Å². The van der Waals surface area contributed by atoms with Crippen LogP contribution in [0.25, 0.3) is 12.2 Å². The summed E-state index contributed by atoms with van der Waals surface area (Å²) in [7, 11) is -3.71. The fraction of sp³-hybridized carbons (Fsp3) is 0.310. The first-order valence-electron chi connectivity index (χ1n) is 12.3. The van der Waals surface area contributed by atoms with Crippen LogP contribution in [0, 0.1) is 6.92 Å². The van der Waals surface area contributed by atoms with Crippen molar-refractivity contribution in [2.45, 2.75) is 49.1 Å². The Morgan fingerprint density at radius 3 is 2.43 bits per heavy atom. The average molecular weight is 520 g/mol. The molecule has 2 aromatic carbocycles. The smallest absolute Gasteiger partial charge is 0.410 e. The van der Waals surface area contributed by atoms with Crippen molar-refractivity contribution in [3.63, 3.8) is 0 Å². The molecule has 2 heterocycles. The Morgan fingerprint density at radius 2 is 1.70 bits per heavy atom.